The summed E-state index contributed by atoms with van der Waals surface area (Å²) in [6.07, 6.45) is 3.27. The molecule has 0 spiro atoms. The van der Waals surface area contributed by atoms with Gasteiger partial charge in [-0.3, -0.25) is 9.69 Å². The summed E-state index contributed by atoms with van der Waals surface area (Å²) >= 11 is 0. The van der Waals surface area contributed by atoms with Crippen LogP contribution in [-0.4, -0.2) is 41.7 Å². The van der Waals surface area contributed by atoms with Crippen LogP contribution in [0, 0.1) is 0 Å². The van der Waals surface area contributed by atoms with Crippen LogP contribution in [0.3, 0.4) is 0 Å². The molecule has 0 fully saturated rings. The number of aliphatic hydroxyl groups is 1. The summed E-state index contributed by atoms with van der Waals surface area (Å²) in [6, 6.07) is 10.0. The van der Waals surface area contributed by atoms with Gasteiger partial charge in [-0.1, -0.05) is 24.3 Å². The van der Waals surface area contributed by atoms with E-state index in [0.29, 0.717) is 12.1 Å². The number of benzene rings is 1. The van der Waals surface area contributed by atoms with Crippen LogP contribution in [0.5, 0.6) is 0 Å². The zero-order valence-electron chi connectivity index (χ0n) is 12.4. The van der Waals surface area contributed by atoms with Gasteiger partial charge in [0.05, 0.1) is 17.9 Å². The number of carbonyl (C=O) groups is 1. The topological polar surface area (TPSA) is 65.7 Å². The van der Waals surface area contributed by atoms with E-state index in [1.165, 1.54) is 23.7 Å². The van der Waals surface area contributed by atoms with Gasteiger partial charge in [-0.15, -0.1) is 0 Å². The van der Waals surface area contributed by atoms with Crippen molar-refractivity contribution >= 4 is 5.91 Å². The minimum Gasteiger partial charge on any atom is -0.472 e. The predicted octanol–water partition coefficient (Wildman–Crippen LogP) is 1.43. The van der Waals surface area contributed by atoms with Gasteiger partial charge in [0.2, 0.25) is 0 Å². The van der Waals surface area contributed by atoms with Crippen LogP contribution in [0.2, 0.25) is 0 Å². The number of rotatable bonds is 5. The van der Waals surface area contributed by atoms with Gasteiger partial charge in [0.25, 0.3) is 5.91 Å². The maximum atomic E-state index is 11.8. The van der Waals surface area contributed by atoms with Crippen molar-refractivity contribution in [2.75, 3.05) is 19.6 Å². The number of β-amino-alcohol motifs (C(OH)–C–C–N with tert-alkyl or cyclic N) is 1. The summed E-state index contributed by atoms with van der Waals surface area (Å²) in [6.45, 7) is 2.58. The number of hydrogen-bond acceptors (Lipinski definition) is 4. The summed E-state index contributed by atoms with van der Waals surface area (Å²) in [5.74, 6) is -0.225. The minimum atomic E-state index is -0.582. The first-order valence-corrected chi connectivity index (χ1v) is 7.50. The average Bonchev–Trinajstić information content (AvgIpc) is 3.07. The highest BCUT2D eigenvalue weighted by Crippen LogP contribution is 2.18. The molecule has 2 N–H and O–H groups in total. The molecule has 2 heterocycles. The van der Waals surface area contributed by atoms with Gasteiger partial charge < -0.3 is 14.8 Å². The van der Waals surface area contributed by atoms with E-state index >= 15 is 0 Å². The number of carbonyl (C=O) groups excluding carboxylic acids is 1. The van der Waals surface area contributed by atoms with E-state index in [2.05, 4.69) is 28.4 Å². The van der Waals surface area contributed by atoms with E-state index < -0.39 is 6.10 Å². The molecule has 1 aliphatic heterocycles. The number of furan rings is 1. The molecule has 5 heteroatoms. The second kappa shape index (κ2) is 6.77. The van der Waals surface area contributed by atoms with E-state index in [1.807, 2.05) is 6.07 Å². The van der Waals surface area contributed by atoms with Crippen LogP contribution >= 0.6 is 0 Å². The standard InChI is InChI=1S/C17H20N2O3/c20-16(9-18-17(21)15-6-8-22-12-15)11-19-7-5-13-3-1-2-4-14(13)10-19/h1-4,6,8,12,16,20H,5,7,9-11H2,(H,18,21). The molecule has 0 radical (unpaired) electrons. The fourth-order valence-corrected chi connectivity index (χ4v) is 2.78. The number of fused-ring (bicyclic) bond motifs is 1. The lowest BCUT2D eigenvalue weighted by molar-refractivity contribution is 0.0841. The number of nitrogens with zero attached hydrogens (tertiary/aromatic N) is 1. The third-order valence-corrected chi connectivity index (χ3v) is 3.96. The lowest BCUT2D eigenvalue weighted by Gasteiger charge is -2.30. The van der Waals surface area contributed by atoms with Crippen LogP contribution in [-0.2, 0) is 13.0 Å². The Kier molecular flexibility index (Phi) is 4.56. The highest BCUT2D eigenvalue weighted by atomic mass is 16.3. The fraction of sp³-hybridized carbons (Fsp3) is 0.353. The van der Waals surface area contributed by atoms with Crippen molar-refractivity contribution in [3.63, 3.8) is 0 Å². The molecule has 0 bridgehead atoms. The Morgan fingerprint density at radius 1 is 1.32 bits per heavy atom. The largest absolute Gasteiger partial charge is 0.472 e. The molecular formula is C17H20N2O3. The Morgan fingerprint density at radius 3 is 2.91 bits per heavy atom. The molecular weight excluding hydrogens is 280 g/mol. The summed E-state index contributed by atoms with van der Waals surface area (Å²) < 4.78 is 4.87. The second-order valence-corrected chi connectivity index (χ2v) is 5.63. The molecule has 2 aromatic rings. The molecule has 3 rings (SSSR count). The maximum absolute atomic E-state index is 11.8. The molecule has 1 atom stereocenters. The fourth-order valence-electron chi connectivity index (χ4n) is 2.78. The van der Waals surface area contributed by atoms with Gasteiger partial charge in [0, 0.05) is 26.2 Å². The van der Waals surface area contributed by atoms with Crippen LogP contribution in [0.15, 0.2) is 47.3 Å². The molecule has 0 saturated carbocycles. The Balaban J connectivity index is 1.46. The SMILES string of the molecule is O=C(NCC(O)CN1CCc2ccccc2C1)c1ccoc1. The first-order valence-electron chi connectivity index (χ1n) is 7.50. The van der Waals surface area contributed by atoms with Gasteiger partial charge in [-0.25, -0.2) is 0 Å². The lowest BCUT2D eigenvalue weighted by Crippen LogP contribution is -2.41. The maximum Gasteiger partial charge on any atom is 0.254 e. The molecule has 1 unspecified atom stereocenters. The Bertz CT molecular complexity index is 625. The van der Waals surface area contributed by atoms with Crippen LogP contribution in [0.1, 0.15) is 21.5 Å². The smallest absolute Gasteiger partial charge is 0.254 e. The summed E-state index contributed by atoms with van der Waals surface area (Å²) in [7, 11) is 0. The zero-order chi connectivity index (χ0) is 15.4. The molecule has 1 aromatic heterocycles. The van der Waals surface area contributed by atoms with Crippen molar-refractivity contribution < 1.29 is 14.3 Å². The quantitative estimate of drug-likeness (QED) is 0.876. The molecule has 1 amide bonds. The average molecular weight is 300 g/mol. The monoisotopic (exact) mass is 300 g/mol. The first-order chi connectivity index (χ1) is 10.7. The van der Waals surface area contributed by atoms with Gasteiger partial charge in [-0.05, 0) is 23.6 Å². The van der Waals surface area contributed by atoms with Crippen LogP contribution in [0.4, 0.5) is 0 Å². The molecule has 22 heavy (non-hydrogen) atoms. The second-order valence-electron chi connectivity index (χ2n) is 5.63. The van der Waals surface area contributed by atoms with E-state index in [9.17, 15) is 9.90 Å². The number of hydrogen-bond donors (Lipinski definition) is 2. The Hall–Kier alpha value is -2.11. The highest BCUT2D eigenvalue weighted by Gasteiger charge is 2.18. The minimum absolute atomic E-state index is 0.225. The number of amides is 1. The van der Waals surface area contributed by atoms with Gasteiger partial charge in [0.15, 0.2) is 0 Å². The lowest BCUT2D eigenvalue weighted by atomic mass is 10.00. The molecule has 1 aromatic carbocycles. The first kappa shape index (κ1) is 14.8. The van der Waals surface area contributed by atoms with Crippen LogP contribution < -0.4 is 5.32 Å². The number of aliphatic hydroxyl groups excluding tert-OH is 1. The van der Waals surface area contributed by atoms with Crippen molar-refractivity contribution in [1.82, 2.24) is 10.2 Å². The molecule has 1 aliphatic rings. The Morgan fingerprint density at radius 2 is 2.14 bits per heavy atom. The van der Waals surface area contributed by atoms with Crippen molar-refractivity contribution in [3.8, 4) is 0 Å². The van der Waals surface area contributed by atoms with Gasteiger partial charge in [-0.2, -0.15) is 0 Å². The third-order valence-electron chi connectivity index (χ3n) is 3.96. The molecule has 5 nitrogen and oxygen atoms in total. The van der Waals surface area contributed by atoms with Crippen molar-refractivity contribution in [1.29, 1.82) is 0 Å². The zero-order valence-corrected chi connectivity index (χ0v) is 12.4. The van der Waals surface area contributed by atoms with E-state index in [1.54, 1.807) is 6.07 Å². The van der Waals surface area contributed by atoms with E-state index in [-0.39, 0.29) is 12.5 Å². The van der Waals surface area contributed by atoms with Gasteiger partial charge in [0.1, 0.15) is 6.26 Å². The van der Waals surface area contributed by atoms with E-state index in [4.69, 9.17) is 4.42 Å². The predicted molar refractivity (Wildman–Crippen MR) is 82.5 cm³/mol. The van der Waals surface area contributed by atoms with Crippen molar-refractivity contribution in [2.45, 2.75) is 19.1 Å². The normalized spacial score (nSPS) is 16.0. The van der Waals surface area contributed by atoms with E-state index in [0.717, 1.165) is 19.5 Å². The summed E-state index contributed by atoms with van der Waals surface area (Å²) in [4.78, 5) is 14.0. The Labute approximate surface area is 129 Å². The van der Waals surface area contributed by atoms with Crippen LogP contribution in [0.25, 0.3) is 0 Å². The summed E-state index contributed by atoms with van der Waals surface area (Å²) in [5.41, 5.74) is 3.18. The van der Waals surface area contributed by atoms with Gasteiger partial charge >= 0.3 is 0 Å². The molecule has 0 saturated heterocycles. The van der Waals surface area contributed by atoms with Crippen molar-refractivity contribution in [3.05, 3.63) is 59.5 Å². The highest BCUT2D eigenvalue weighted by molar-refractivity contribution is 5.93. The number of nitrogens with one attached hydrogen (secondary N) is 1. The summed E-state index contributed by atoms with van der Waals surface area (Å²) in [5, 5.41) is 12.8. The van der Waals surface area contributed by atoms with Crippen molar-refractivity contribution in [2.24, 2.45) is 0 Å². The molecule has 116 valence electrons. The molecule has 0 aliphatic carbocycles. The third kappa shape index (κ3) is 3.55.